The van der Waals surface area contributed by atoms with E-state index < -0.39 is 24.9 Å². The quantitative estimate of drug-likeness (QED) is 0.739. The molecule has 98 valence electrons. The maximum Gasteiger partial charge on any atom is 0.262 e. The Morgan fingerprint density at radius 3 is 2.94 bits per heavy atom. The normalized spacial score (nSPS) is 33.5. The molecule has 0 saturated carbocycles. The van der Waals surface area contributed by atoms with E-state index in [1.54, 1.807) is 4.90 Å². The van der Waals surface area contributed by atoms with Crippen LogP contribution in [0, 0.1) is 0 Å². The van der Waals surface area contributed by atoms with E-state index in [4.69, 9.17) is 4.74 Å². The van der Waals surface area contributed by atoms with Gasteiger partial charge in [0.05, 0.1) is 18.7 Å². The lowest BCUT2D eigenvalue weighted by atomic mass is 10.1. The molecule has 2 unspecified atom stereocenters. The molecule has 2 atom stereocenters. The molecule has 2 aliphatic rings. The molecule has 0 spiro atoms. The molecule has 2 saturated heterocycles. The average molecular weight is 248 g/mol. The topological polar surface area (TPSA) is 41.6 Å². The molecule has 6 heteroatoms. The van der Waals surface area contributed by atoms with Crippen LogP contribution in [0.3, 0.4) is 0 Å². The monoisotopic (exact) mass is 248 g/mol. The summed E-state index contributed by atoms with van der Waals surface area (Å²) < 4.78 is 31.5. The van der Waals surface area contributed by atoms with Gasteiger partial charge in [-0.2, -0.15) is 0 Å². The molecule has 2 heterocycles. The number of nitrogens with zero attached hydrogens (tertiary/aromatic N) is 1. The smallest absolute Gasteiger partial charge is 0.262 e. The number of carbonyl (C=O) groups excluding carboxylic acids is 1. The lowest BCUT2D eigenvalue weighted by Crippen LogP contribution is -2.45. The molecule has 0 radical (unpaired) electrons. The van der Waals surface area contributed by atoms with Gasteiger partial charge in [0.25, 0.3) is 5.92 Å². The third kappa shape index (κ3) is 3.13. The maximum atomic E-state index is 13.0. The van der Waals surface area contributed by atoms with Crippen molar-refractivity contribution in [3.05, 3.63) is 0 Å². The van der Waals surface area contributed by atoms with Crippen LogP contribution < -0.4 is 5.32 Å². The van der Waals surface area contributed by atoms with Gasteiger partial charge < -0.3 is 9.64 Å². The van der Waals surface area contributed by atoms with Crippen LogP contribution in [-0.2, 0) is 9.53 Å². The highest BCUT2D eigenvalue weighted by Crippen LogP contribution is 2.26. The minimum Gasteiger partial charge on any atom is -0.377 e. The van der Waals surface area contributed by atoms with E-state index in [1.807, 2.05) is 6.92 Å². The van der Waals surface area contributed by atoms with Crippen molar-refractivity contribution in [1.29, 1.82) is 0 Å². The van der Waals surface area contributed by atoms with Crippen LogP contribution in [0.15, 0.2) is 0 Å². The van der Waals surface area contributed by atoms with Gasteiger partial charge in [-0.05, 0) is 13.3 Å². The Morgan fingerprint density at radius 2 is 2.29 bits per heavy atom. The lowest BCUT2D eigenvalue weighted by Gasteiger charge is -2.25. The highest BCUT2D eigenvalue weighted by molar-refractivity contribution is 5.82. The van der Waals surface area contributed by atoms with Crippen LogP contribution in [0.1, 0.15) is 19.8 Å². The first-order valence-electron chi connectivity index (χ1n) is 5.99. The first-order valence-corrected chi connectivity index (χ1v) is 5.99. The molecule has 0 aromatic carbocycles. The van der Waals surface area contributed by atoms with Gasteiger partial charge in [-0.25, -0.2) is 8.78 Å². The Balaban J connectivity index is 1.95. The number of carbonyl (C=O) groups is 1. The lowest BCUT2D eigenvalue weighted by molar-refractivity contribution is -0.134. The molecular weight excluding hydrogens is 230 g/mol. The summed E-state index contributed by atoms with van der Waals surface area (Å²) in [4.78, 5) is 13.7. The predicted octanol–water partition coefficient (Wildman–Crippen LogP) is 0.621. The largest absolute Gasteiger partial charge is 0.377 e. The zero-order chi connectivity index (χ0) is 12.5. The minimum atomic E-state index is -2.76. The molecule has 2 rings (SSSR count). The van der Waals surface area contributed by atoms with Gasteiger partial charge in [0.1, 0.15) is 0 Å². The Hall–Kier alpha value is -0.750. The highest BCUT2D eigenvalue weighted by Gasteiger charge is 2.43. The van der Waals surface area contributed by atoms with Gasteiger partial charge in [-0.15, -0.1) is 0 Å². The summed E-state index contributed by atoms with van der Waals surface area (Å²) in [7, 11) is 0. The van der Waals surface area contributed by atoms with Gasteiger partial charge in [-0.1, -0.05) is 0 Å². The third-order valence-electron chi connectivity index (χ3n) is 3.17. The fraction of sp³-hybridized carbons (Fsp3) is 0.909. The summed E-state index contributed by atoms with van der Waals surface area (Å²) >= 11 is 0. The number of hydrogen-bond donors (Lipinski definition) is 1. The Morgan fingerprint density at radius 1 is 1.53 bits per heavy atom. The first-order chi connectivity index (χ1) is 7.98. The zero-order valence-electron chi connectivity index (χ0n) is 9.92. The second-order valence-electron chi connectivity index (χ2n) is 4.81. The molecule has 0 aromatic heterocycles. The summed E-state index contributed by atoms with van der Waals surface area (Å²) in [5.74, 6) is -2.98. The molecule has 17 heavy (non-hydrogen) atoms. The van der Waals surface area contributed by atoms with Crippen LogP contribution in [0.5, 0.6) is 0 Å². The van der Waals surface area contributed by atoms with Crippen molar-refractivity contribution >= 4 is 5.91 Å². The fourth-order valence-electron chi connectivity index (χ4n) is 2.30. The third-order valence-corrected chi connectivity index (χ3v) is 3.17. The average Bonchev–Trinajstić information content (AvgIpc) is 2.48. The van der Waals surface area contributed by atoms with Crippen LogP contribution in [0.25, 0.3) is 0 Å². The first kappa shape index (κ1) is 12.7. The van der Waals surface area contributed by atoms with E-state index in [2.05, 4.69) is 5.32 Å². The summed E-state index contributed by atoms with van der Waals surface area (Å²) in [5.41, 5.74) is 0. The van der Waals surface area contributed by atoms with Gasteiger partial charge in [0, 0.05) is 26.1 Å². The van der Waals surface area contributed by atoms with E-state index in [9.17, 15) is 13.6 Å². The van der Waals surface area contributed by atoms with Gasteiger partial charge in [-0.3, -0.25) is 10.1 Å². The van der Waals surface area contributed by atoms with Gasteiger partial charge in [0.2, 0.25) is 5.91 Å². The van der Waals surface area contributed by atoms with Gasteiger partial charge in [0.15, 0.2) is 0 Å². The van der Waals surface area contributed by atoms with Crippen molar-refractivity contribution in [3.63, 3.8) is 0 Å². The van der Waals surface area contributed by atoms with Crippen molar-refractivity contribution < 1.29 is 18.3 Å². The van der Waals surface area contributed by atoms with E-state index in [1.165, 1.54) is 0 Å². The van der Waals surface area contributed by atoms with E-state index in [0.29, 0.717) is 19.7 Å². The summed E-state index contributed by atoms with van der Waals surface area (Å²) in [6.07, 6.45) is 0.347. The predicted molar refractivity (Wildman–Crippen MR) is 58.0 cm³/mol. The number of nitrogens with one attached hydrogen (secondary N) is 1. The SMILES string of the molecule is CC1CN(C(=O)C2CC(F)(F)CN2)CCCO1. The zero-order valence-corrected chi connectivity index (χ0v) is 9.92. The van der Waals surface area contributed by atoms with Crippen LogP contribution in [0.4, 0.5) is 8.78 Å². The number of halogens is 2. The van der Waals surface area contributed by atoms with Crippen molar-refractivity contribution in [2.75, 3.05) is 26.2 Å². The van der Waals surface area contributed by atoms with E-state index in [-0.39, 0.29) is 12.0 Å². The number of rotatable bonds is 1. The van der Waals surface area contributed by atoms with Crippen LogP contribution in [-0.4, -0.2) is 55.1 Å². The van der Waals surface area contributed by atoms with Crippen molar-refractivity contribution in [1.82, 2.24) is 10.2 Å². The second-order valence-corrected chi connectivity index (χ2v) is 4.81. The summed E-state index contributed by atoms with van der Waals surface area (Å²) in [6, 6.07) is -0.740. The molecule has 1 N–H and O–H groups in total. The molecule has 0 bridgehead atoms. The molecule has 0 aromatic rings. The van der Waals surface area contributed by atoms with Crippen LogP contribution >= 0.6 is 0 Å². The Labute approximate surface area is 99.3 Å². The molecule has 1 amide bonds. The summed E-state index contributed by atoms with van der Waals surface area (Å²) in [6.45, 7) is 3.19. The Kier molecular flexibility index (Phi) is 3.63. The minimum absolute atomic E-state index is 0.0247. The standard InChI is InChI=1S/C11H18F2N2O2/c1-8-6-15(3-2-4-17-8)10(16)9-5-11(12,13)7-14-9/h8-9,14H,2-7H2,1H3. The second kappa shape index (κ2) is 4.86. The maximum absolute atomic E-state index is 13.0. The van der Waals surface area contributed by atoms with E-state index in [0.717, 1.165) is 6.42 Å². The number of alkyl halides is 2. The number of hydrogen-bond acceptors (Lipinski definition) is 3. The molecule has 4 nitrogen and oxygen atoms in total. The molecular formula is C11H18F2N2O2. The summed E-state index contributed by atoms with van der Waals surface area (Å²) in [5, 5.41) is 2.60. The van der Waals surface area contributed by atoms with Crippen LogP contribution in [0.2, 0.25) is 0 Å². The van der Waals surface area contributed by atoms with Crippen molar-refractivity contribution in [2.24, 2.45) is 0 Å². The van der Waals surface area contributed by atoms with Crippen molar-refractivity contribution in [3.8, 4) is 0 Å². The van der Waals surface area contributed by atoms with E-state index >= 15 is 0 Å². The Bertz CT molecular complexity index is 299. The fourth-order valence-corrected chi connectivity index (χ4v) is 2.30. The molecule has 2 aliphatic heterocycles. The number of amides is 1. The molecule has 2 fully saturated rings. The molecule has 0 aliphatic carbocycles. The van der Waals surface area contributed by atoms with Gasteiger partial charge >= 0.3 is 0 Å². The highest BCUT2D eigenvalue weighted by atomic mass is 19.3. The number of ether oxygens (including phenoxy) is 1. The van der Waals surface area contributed by atoms with Crippen molar-refractivity contribution in [2.45, 2.75) is 37.8 Å².